The first kappa shape index (κ1) is 17.2. The summed E-state index contributed by atoms with van der Waals surface area (Å²) >= 11 is 1.47. The van der Waals surface area contributed by atoms with Crippen molar-refractivity contribution in [2.24, 2.45) is 0 Å². The van der Waals surface area contributed by atoms with Gasteiger partial charge in [-0.2, -0.15) is 0 Å². The molecule has 0 radical (unpaired) electrons. The van der Waals surface area contributed by atoms with Crippen LogP contribution in [0.1, 0.15) is 17.5 Å². The van der Waals surface area contributed by atoms with E-state index in [9.17, 15) is 9.18 Å². The van der Waals surface area contributed by atoms with Crippen LogP contribution in [0.4, 0.5) is 4.39 Å². The Labute approximate surface area is 148 Å². The number of aryl methyl sites for hydroxylation is 1. The molecule has 0 spiro atoms. The normalized spacial score (nSPS) is 12.0. The van der Waals surface area contributed by atoms with Gasteiger partial charge in [-0.15, -0.1) is 11.3 Å². The van der Waals surface area contributed by atoms with Crippen molar-refractivity contribution in [3.63, 3.8) is 0 Å². The summed E-state index contributed by atoms with van der Waals surface area (Å²) in [6.07, 6.45) is 0.908. The molecule has 0 fully saturated rings. The molecule has 0 aliphatic heterocycles. The number of hydrogen-bond acceptors (Lipinski definition) is 5. The van der Waals surface area contributed by atoms with Crippen LogP contribution in [0.2, 0.25) is 0 Å². The van der Waals surface area contributed by atoms with E-state index >= 15 is 0 Å². The van der Waals surface area contributed by atoms with Gasteiger partial charge in [-0.25, -0.2) is 9.37 Å². The number of furan rings is 1. The lowest BCUT2D eigenvalue weighted by molar-refractivity contribution is -0.127. The number of nitrogens with zero attached hydrogens (tertiary/aromatic N) is 1. The highest BCUT2D eigenvalue weighted by molar-refractivity contribution is 7.15. The van der Waals surface area contributed by atoms with Gasteiger partial charge in [-0.3, -0.25) is 4.79 Å². The van der Waals surface area contributed by atoms with E-state index in [1.165, 1.54) is 35.6 Å². The average Bonchev–Trinajstić information content (AvgIpc) is 3.24. The van der Waals surface area contributed by atoms with Gasteiger partial charge in [0.05, 0.1) is 18.5 Å². The van der Waals surface area contributed by atoms with Crippen molar-refractivity contribution in [3.8, 4) is 16.5 Å². The maximum atomic E-state index is 12.9. The number of amides is 1. The lowest BCUT2D eigenvalue weighted by Crippen LogP contribution is -2.35. The molecule has 1 unspecified atom stereocenters. The first-order valence-corrected chi connectivity index (χ1v) is 8.54. The molecule has 1 aromatic carbocycles. The molecule has 7 heteroatoms. The van der Waals surface area contributed by atoms with Crippen molar-refractivity contribution >= 4 is 17.2 Å². The summed E-state index contributed by atoms with van der Waals surface area (Å²) in [4.78, 5) is 17.6. The summed E-state index contributed by atoms with van der Waals surface area (Å²) in [6, 6.07) is 9.21. The molecule has 2 heterocycles. The summed E-state index contributed by atoms with van der Waals surface area (Å²) in [5, 5.41) is 3.61. The molecule has 1 atom stereocenters. The lowest BCUT2D eigenvalue weighted by Gasteiger charge is -2.14. The molecule has 0 aliphatic carbocycles. The summed E-state index contributed by atoms with van der Waals surface area (Å²) < 4.78 is 23.7. The fraction of sp³-hybridized carbons (Fsp3) is 0.222. The zero-order valence-electron chi connectivity index (χ0n) is 13.8. The molecule has 0 saturated heterocycles. The van der Waals surface area contributed by atoms with Crippen LogP contribution in [-0.2, 0) is 11.3 Å². The van der Waals surface area contributed by atoms with Crippen LogP contribution in [0, 0.1) is 12.7 Å². The Bertz CT molecular complexity index is 844. The molecule has 0 aliphatic rings. The van der Waals surface area contributed by atoms with Crippen LogP contribution in [0.3, 0.4) is 0 Å². The highest BCUT2D eigenvalue weighted by Gasteiger charge is 2.17. The van der Waals surface area contributed by atoms with Crippen molar-refractivity contribution in [2.45, 2.75) is 26.5 Å². The van der Waals surface area contributed by atoms with E-state index in [4.69, 9.17) is 9.15 Å². The molecule has 1 amide bonds. The number of ether oxygens (including phenoxy) is 1. The van der Waals surface area contributed by atoms with Crippen LogP contribution in [-0.4, -0.2) is 17.0 Å². The minimum Gasteiger partial charge on any atom is -0.481 e. The molecule has 3 rings (SSSR count). The number of carbonyl (C=O) groups excluding carboxylic acids is 1. The number of aromatic nitrogens is 1. The Morgan fingerprint density at radius 3 is 2.80 bits per heavy atom. The van der Waals surface area contributed by atoms with E-state index in [1.54, 1.807) is 13.2 Å². The highest BCUT2D eigenvalue weighted by atomic mass is 32.1. The third-order valence-corrected chi connectivity index (χ3v) is 4.72. The number of thiazole rings is 1. The van der Waals surface area contributed by atoms with Gasteiger partial charge in [0.25, 0.3) is 5.91 Å². The average molecular weight is 360 g/mol. The largest absolute Gasteiger partial charge is 0.481 e. The molecule has 1 N–H and O–H groups in total. The first-order chi connectivity index (χ1) is 12.0. The Morgan fingerprint density at radius 2 is 2.12 bits per heavy atom. The number of nitrogens with one attached hydrogen (secondary N) is 1. The second-order valence-electron chi connectivity index (χ2n) is 5.44. The SMILES string of the molecule is Cc1nc(-c2ccco2)sc1CNC(=O)C(C)Oc1ccc(F)cc1. The van der Waals surface area contributed by atoms with Gasteiger partial charge in [0.2, 0.25) is 0 Å². The second kappa shape index (κ2) is 7.48. The number of rotatable bonds is 6. The van der Waals surface area contributed by atoms with Crippen LogP contribution in [0.25, 0.3) is 10.8 Å². The molecule has 130 valence electrons. The van der Waals surface area contributed by atoms with Gasteiger partial charge in [0.15, 0.2) is 16.9 Å². The molecule has 3 aromatic rings. The molecule has 25 heavy (non-hydrogen) atoms. The second-order valence-corrected chi connectivity index (χ2v) is 6.52. The van der Waals surface area contributed by atoms with Crippen molar-refractivity contribution < 1.29 is 18.3 Å². The zero-order valence-corrected chi connectivity index (χ0v) is 14.6. The molecular formula is C18H17FN2O3S. The third kappa shape index (κ3) is 4.24. The van der Waals surface area contributed by atoms with Crippen molar-refractivity contribution in [1.82, 2.24) is 10.3 Å². The predicted octanol–water partition coefficient (Wildman–Crippen LogP) is 3.93. The van der Waals surface area contributed by atoms with Gasteiger partial charge in [0, 0.05) is 4.88 Å². The standard InChI is InChI=1S/C18H17FN2O3S/c1-11-16(25-18(21-11)15-4-3-9-23-15)10-20-17(22)12(2)24-14-7-5-13(19)6-8-14/h3-9,12H,10H2,1-2H3,(H,20,22). The van der Waals surface area contributed by atoms with E-state index in [2.05, 4.69) is 10.3 Å². The number of hydrogen-bond donors (Lipinski definition) is 1. The fourth-order valence-electron chi connectivity index (χ4n) is 2.18. The maximum Gasteiger partial charge on any atom is 0.261 e. The van der Waals surface area contributed by atoms with E-state index in [-0.39, 0.29) is 11.7 Å². The maximum absolute atomic E-state index is 12.9. The van der Waals surface area contributed by atoms with Gasteiger partial charge in [0.1, 0.15) is 11.6 Å². The predicted molar refractivity (Wildman–Crippen MR) is 92.9 cm³/mol. The molecule has 5 nitrogen and oxygen atoms in total. The highest BCUT2D eigenvalue weighted by Crippen LogP contribution is 2.28. The van der Waals surface area contributed by atoms with Gasteiger partial charge in [-0.05, 0) is 50.2 Å². The Morgan fingerprint density at radius 1 is 1.36 bits per heavy atom. The molecular weight excluding hydrogens is 343 g/mol. The van der Waals surface area contributed by atoms with Gasteiger partial charge in [-0.1, -0.05) is 0 Å². The van der Waals surface area contributed by atoms with Crippen molar-refractivity contribution in [1.29, 1.82) is 0 Å². The molecule has 2 aromatic heterocycles. The monoisotopic (exact) mass is 360 g/mol. The third-order valence-electron chi connectivity index (χ3n) is 3.54. The van der Waals surface area contributed by atoms with Crippen LogP contribution >= 0.6 is 11.3 Å². The van der Waals surface area contributed by atoms with Crippen molar-refractivity contribution in [3.05, 3.63) is 59.0 Å². The Balaban J connectivity index is 1.57. The minimum absolute atomic E-state index is 0.253. The summed E-state index contributed by atoms with van der Waals surface area (Å²) in [5.74, 6) is 0.547. The summed E-state index contributed by atoms with van der Waals surface area (Å²) in [5.41, 5.74) is 0.851. The molecule has 0 saturated carbocycles. The van der Waals surface area contributed by atoms with Crippen molar-refractivity contribution in [2.75, 3.05) is 0 Å². The van der Waals surface area contributed by atoms with E-state index < -0.39 is 6.10 Å². The summed E-state index contributed by atoms with van der Waals surface area (Å²) in [6.45, 7) is 3.90. The van der Waals surface area contributed by atoms with Gasteiger partial charge >= 0.3 is 0 Å². The Kier molecular flexibility index (Phi) is 5.14. The smallest absolute Gasteiger partial charge is 0.261 e. The summed E-state index contributed by atoms with van der Waals surface area (Å²) in [7, 11) is 0. The Hall–Kier alpha value is -2.67. The number of benzene rings is 1. The van der Waals surface area contributed by atoms with E-state index in [1.807, 2.05) is 19.1 Å². The topological polar surface area (TPSA) is 64.4 Å². The van der Waals surface area contributed by atoms with Crippen LogP contribution in [0.5, 0.6) is 5.75 Å². The molecule has 0 bridgehead atoms. The van der Waals surface area contributed by atoms with E-state index in [0.717, 1.165) is 15.6 Å². The fourth-order valence-corrected chi connectivity index (χ4v) is 3.15. The number of carbonyl (C=O) groups is 1. The lowest BCUT2D eigenvalue weighted by atomic mass is 10.3. The van der Waals surface area contributed by atoms with E-state index in [0.29, 0.717) is 18.1 Å². The van der Waals surface area contributed by atoms with Gasteiger partial charge < -0.3 is 14.5 Å². The zero-order chi connectivity index (χ0) is 17.8. The minimum atomic E-state index is -0.691. The quantitative estimate of drug-likeness (QED) is 0.723. The first-order valence-electron chi connectivity index (χ1n) is 7.73. The van der Waals surface area contributed by atoms with Crippen LogP contribution in [0.15, 0.2) is 47.1 Å². The number of halogens is 1. The van der Waals surface area contributed by atoms with Crippen LogP contribution < -0.4 is 10.1 Å².